The smallest absolute Gasteiger partial charge is 0.226 e. The van der Waals surface area contributed by atoms with Crippen molar-refractivity contribution in [2.45, 2.75) is 64.8 Å². The van der Waals surface area contributed by atoms with Crippen molar-refractivity contribution >= 4 is 17.2 Å². The molecule has 2 atom stereocenters. The Balaban J connectivity index is 1.54. The summed E-state index contributed by atoms with van der Waals surface area (Å²) in [5.41, 5.74) is 0.824. The summed E-state index contributed by atoms with van der Waals surface area (Å²) < 4.78 is 5.59. The molecule has 4 nitrogen and oxygen atoms in total. The maximum absolute atomic E-state index is 12.4. The van der Waals surface area contributed by atoms with Crippen LogP contribution < -0.4 is 5.32 Å². The average Bonchev–Trinajstić information content (AvgIpc) is 3.27. The van der Waals surface area contributed by atoms with E-state index in [4.69, 9.17) is 4.42 Å². The topological polar surface area (TPSA) is 55.1 Å². The first-order valence-corrected chi connectivity index (χ1v) is 9.84. The average molecular weight is 346 g/mol. The summed E-state index contributed by atoms with van der Waals surface area (Å²) in [5.74, 6) is 2.40. The van der Waals surface area contributed by atoms with Crippen molar-refractivity contribution in [1.82, 2.24) is 10.3 Å². The Morgan fingerprint density at radius 3 is 3.04 bits per heavy atom. The molecule has 3 rings (SSSR count). The van der Waals surface area contributed by atoms with E-state index in [-0.39, 0.29) is 5.91 Å². The number of unbranched alkanes of at least 4 members (excludes halogenated alkanes) is 1. The number of carbonyl (C=O) groups excluding carboxylic acids is 1. The zero-order chi connectivity index (χ0) is 16.9. The van der Waals surface area contributed by atoms with Gasteiger partial charge in [-0.05, 0) is 44.2 Å². The molecule has 1 amide bonds. The van der Waals surface area contributed by atoms with Crippen LogP contribution in [0.15, 0.2) is 21.9 Å². The molecule has 0 spiro atoms. The van der Waals surface area contributed by atoms with Crippen LogP contribution in [0.3, 0.4) is 0 Å². The highest BCUT2D eigenvalue weighted by Gasteiger charge is 2.28. The van der Waals surface area contributed by atoms with Crippen LogP contribution in [0.25, 0.3) is 10.8 Å². The third-order valence-electron chi connectivity index (χ3n) is 4.78. The van der Waals surface area contributed by atoms with E-state index in [0.717, 1.165) is 28.6 Å². The lowest BCUT2D eigenvalue weighted by molar-refractivity contribution is -0.121. The van der Waals surface area contributed by atoms with Crippen LogP contribution >= 0.6 is 11.3 Å². The molecular formula is C19H26N2O2S. The van der Waals surface area contributed by atoms with E-state index in [2.05, 4.69) is 17.2 Å². The van der Waals surface area contributed by atoms with E-state index in [1.54, 1.807) is 0 Å². The van der Waals surface area contributed by atoms with Gasteiger partial charge in [0.15, 0.2) is 10.8 Å². The first-order chi connectivity index (χ1) is 11.7. The summed E-state index contributed by atoms with van der Waals surface area (Å²) in [6.45, 7) is 4.14. The van der Waals surface area contributed by atoms with Gasteiger partial charge in [-0.2, -0.15) is 0 Å². The second-order valence-electron chi connectivity index (χ2n) is 6.74. The maximum Gasteiger partial charge on any atom is 0.226 e. The number of carbonyl (C=O) groups is 1. The van der Waals surface area contributed by atoms with Gasteiger partial charge in [0.05, 0.1) is 12.1 Å². The van der Waals surface area contributed by atoms with Gasteiger partial charge >= 0.3 is 0 Å². The lowest BCUT2D eigenvalue weighted by atomic mass is 9.96. The van der Waals surface area contributed by atoms with E-state index < -0.39 is 0 Å². The highest BCUT2D eigenvalue weighted by molar-refractivity contribution is 7.13. The molecule has 24 heavy (non-hydrogen) atoms. The van der Waals surface area contributed by atoms with Crippen molar-refractivity contribution in [3.63, 3.8) is 0 Å². The second-order valence-corrected chi connectivity index (χ2v) is 7.60. The van der Waals surface area contributed by atoms with Gasteiger partial charge in [0.2, 0.25) is 5.91 Å². The van der Waals surface area contributed by atoms with Gasteiger partial charge in [0.25, 0.3) is 0 Å². The molecule has 1 N–H and O–H groups in total. The number of rotatable bonds is 7. The van der Waals surface area contributed by atoms with Crippen molar-refractivity contribution in [1.29, 1.82) is 0 Å². The zero-order valence-corrected chi connectivity index (χ0v) is 15.3. The monoisotopic (exact) mass is 346 g/mol. The summed E-state index contributed by atoms with van der Waals surface area (Å²) in [7, 11) is 0. The maximum atomic E-state index is 12.4. The minimum absolute atomic E-state index is 0.0934. The van der Waals surface area contributed by atoms with Gasteiger partial charge in [-0.3, -0.25) is 4.79 Å². The fourth-order valence-corrected chi connectivity index (χ4v) is 4.29. The SMILES string of the molecule is CCCCC1CCCC1NC(=O)Cc1csc(-c2ccc(C)o2)n1. The van der Waals surface area contributed by atoms with Gasteiger partial charge < -0.3 is 9.73 Å². The van der Waals surface area contributed by atoms with Crippen molar-refractivity contribution in [2.24, 2.45) is 5.92 Å². The predicted octanol–water partition coefficient (Wildman–Crippen LogP) is 4.73. The molecule has 1 fully saturated rings. The molecule has 130 valence electrons. The molecular weight excluding hydrogens is 320 g/mol. The van der Waals surface area contributed by atoms with Gasteiger partial charge in [0.1, 0.15) is 5.76 Å². The normalized spacial score (nSPS) is 20.4. The molecule has 5 heteroatoms. The molecule has 1 aliphatic carbocycles. The predicted molar refractivity (Wildman–Crippen MR) is 97.1 cm³/mol. The fraction of sp³-hybridized carbons (Fsp3) is 0.579. The summed E-state index contributed by atoms with van der Waals surface area (Å²) >= 11 is 1.53. The van der Waals surface area contributed by atoms with Gasteiger partial charge in [-0.15, -0.1) is 11.3 Å². The molecule has 0 bridgehead atoms. The molecule has 0 saturated heterocycles. The van der Waals surface area contributed by atoms with Crippen molar-refractivity contribution in [3.05, 3.63) is 29.0 Å². The van der Waals surface area contributed by atoms with Gasteiger partial charge in [-0.25, -0.2) is 4.98 Å². The molecule has 0 aromatic carbocycles. The van der Waals surface area contributed by atoms with Crippen LogP contribution in [-0.2, 0) is 11.2 Å². The summed E-state index contributed by atoms with van der Waals surface area (Å²) in [4.78, 5) is 16.9. The lowest BCUT2D eigenvalue weighted by Crippen LogP contribution is -2.38. The Morgan fingerprint density at radius 1 is 1.42 bits per heavy atom. The fourth-order valence-electron chi connectivity index (χ4n) is 3.51. The number of nitrogens with zero attached hydrogens (tertiary/aromatic N) is 1. The number of hydrogen-bond donors (Lipinski definition) is 1. The number of amides is 1. The number of hydrogen-bond acceptors (Lipinski definition) is 4. The number of furan rings is 1. The Bertz CT molecular complexity index is 676. The molecule has 1 aliphatic rings. The number of aryl methyl sites for hydroxylation is 1. The molecule has 0 aliphatic heterocycles. The highest BCUT2D eigenvalue weighted by Crippen LogP contribution is 2.30. The minimum atomic E-state index is 0.0934. The third kappa shape index (κ3) is 4.26. The van der Waals surface area contributed by atoms with E-state index in [1.165, 1.54) is 43.4 Å². The largest absolute Gasteiger partial charge is 0.459 e. The quantitative estimate of drug-likeness (QED) is 0.788. The number of nitrogens with one attached hydrogen (secondary N) is 1. The number of aromatic nitrogens is 1. The van der Waals surface area contributed by atoms with Gasteiger partial charge in [-0.1, -0.05) is 26.2 Å². The minimum Gasteiger partial charge on any atom is -0.459 e. The van der Waals surface area contributed by atoms with Crippen molar-refractivity contribution in [2.75, 3.05) is 0 Å². The van der Waals surface area contributed by atoms with Gasteiger partial charge in [0, 0.05) is 11.4 Å². The molecule has 1 saturated carbocycles. The second kappa shape index (κ2) is 7.97. The summed E-state index contributed by atoms with van der Waals surface area (Å²) in [6, 6.07) is 4.21. The lowest BCUT2D eigenvalue weighted by Gasteiger charge is -2.20. The van der Waals surface area contributed by atoms with E-state index in [9.17, 15) is 4.79 Å². The van der Waals surface area contributed by atoms with Crippen LogP contribution in [0.1, 0.15) is 56.9 Å². The third-order valence-corrected chi connectivity index (χ3v) is 5.68. The summed E-state index contributed by atoms with van der Waals surface area (Å²) in [5, 5.41) is 6.04. The first-order valence-electron chi connectivity index (χ1n) is 8.96. The molecule has 2 aromatic heterocycles. The molecule has 2 unspecified atom stereocenters. The van der Waals surface area contributed by atoms with E-state index in [1.807, 2.05) is 24.4 Å². The number of thiazole rings is 1. The van der Waals surface area contributed by atoms with Crippen LogP contribution in [0.4, 0.5) is 0 Å². The van der Waals surface area contributed by atoms with E-state index in [0.29, 0.717) is 18.4 Å². The standard InChI is InChI=1S/C19H26N2O2S/c1-3-4-6-14-7-5-8-16(14)21-18(22)11-15-12-24-19(20-15)17-10-9-13(2)23-17/h9-10,12,14,16H,3-8,11H2,1-2H3,(H,21,22). The van der Waals surface area contributed by atoms with Crippen LogP contribution in [0, 0.1) is 12.8 Å². The first kappa shape index (κ1) is 17.2. The zero-order valence-electron chi connectivity index (χ0n) is 14.5. The Morgan fingerprint density at radius 2 is 2.29 bits per heavy atom. The molecule has 0 radical (unpaired) electrons. The molecule has 2 aromatic rings. The Kier molecular flexibility index (Phi) is 5.72. The Labute approximate surface area is 147 Å². The highest BCUT2D eigenvalue weighted by atomic mass is 32.1. The van der Waals surface area contributed by atoms with E-state index >= 15 is 0 Å². The van der Waals surface area contributed by atoms with Crippen LogP contribution in [0.5, 0.6) is 0 Å². The van der Waals surface area contributed by atoms with Crippen molar-refractivity contribution < 1.29 is 9.21 Å². The van der Waals surface area contributed by atoms with Crippen LogP contribution in [-0.4, -0.2) is 16.9 Å². The van der Waals surface area contributed by atoms with Crippen molar-refractivity contribution in [3.8, 4) is 10.8 Å². The van der Waals surface area contributed by atoms with Crippen LogP contribution in [0.2, 0.25) is 0 Å². The summed E-state index contributed by atoms with van der Waals surface area (Å²) in [6.07, 6.45) is 7.68. The molecule has 2 heterocycles. The Hall–Kier alpha value is -1.62.